The summed E-state index contributed by atoms with van der Waals surface area (Å²) >= 11 is 1.51. The number of carbonyl (C=O) groups excluding carboxylic acids is 1. The van der Waals surface area contributed by atoms with E-state index in [-0.39, 0.29) is 24.6 Å². The molecule has 0 fully saturated rings. The minimum absolute atomic E-state index is 0.00229. The van der Waals surface area contributed by atoms with E-state index in [1.165, 1.54) is 11.3 Å². The number of carboxylic acids is 1. The summed E-state index contributed by atoms with van der Waals surface area (Å²) in [5.41, 5.74) is 3.16. The molecule has 132 valence electrons. The molecule has 2 aromatic heterocycles. The molecular weight excluding hydrogens is 352 g/mol. The lowest BCUT2D eigenvalue weighted by atomic mass is 10.0. The molecule has 7 nitrogen and oxygen atoms in total. The predicted octanol–water partition coefficient (Wildman–Crippen LogP) is 2.36. The van der Waals surface area contributed by atoms with Crippen LogP contribution in [0.3, 0.4) is 0 Å². The number of benzene rings is 1. The molecule has 1 aliphatic heterocycles. The number of H-pyrrole nitrogens is 1. The Morgan fingerprint density at radius 2 is 2.08 bits per heavy atom. The van der Waals surface area contributed by atoms with Crippen LogP contribution in [-0.4, -0.2) is 43.6 Å². The van der Waals surface area contributed by atoms with Crippen LogP contribution in [0, 0.1) is 0 Å². The van der Waals surface area contributed by atoms with E-state index >= 15 is 0 Å². The molecule has 3 heterocycles. The van der Waals surface area contributed by atoms with Gasteiger partial charge in [-0.15, -0.1) is 11.3 Å². The zero-order chi connectivity index (χ0) is 18.1. The van der Waals surface area contributed by atoms with Crippen molar-refractivity contribution in [1.82, 2.24) is 20.1 Å². The van der Waals surface area contributed by atoms with Crippen LogP contribution in [0.25, 0.3) is 10.6 Å². The number of aromatic nitrogens is 3. The number of nitrogens with zero attached hydrogens (tertiary/aromatic N) is 3. The highest BCUT2D eigenvalue weighted by molar-refractivity contribution is 7.13. The first kappa shape index (κ1) is 16.5. The maximum absolute atomic E-state index is 12.6. The van der Waals surface area contributed by atoms with Crippen LogP contribution >= 0.6 is 11.3 Å². The largest absolute Gasteiger partial charge is 0.476 e. The molecule has 0 aliphatic carbocycles. The average Bonchev–Trinajstić information content (AvgIpc) is 3.28. The van der Waals surface area contributed by atoms with Crippen LogP contribution in [0.15, 0.2) is 35.7 Å². The zero-order valence-corrected chi connectivity index (χ0v) is 14.6. The van der Waals surface area contributed by atoms with Crippen LogP contribution in [0.4, 0.5) is 0 Å². The van der Waals surface area contributed by atoms with Gasteiger partial charge in [0.2, 0.25) is 5.91 Å². The minimum atomic E-state index is -1.08. The minimum Gasteiger partial charge on any atom is -0.476 e. The second-order valence-corrected chi connectivity index (χ2v) is 6.94. The van der Waals surface area contributed by atoms with Gasteiger partial charge in [-0.05, 0) is 0 Å². The van der Waals surface area contributed by atoms with E-state index in [4.69, 9.17) is 0 Å². The van der Waals surface area contributed by atoms with Gasteiger partial charge >= 0.3 is 5.97 Å². The summed E-state index contributed by atoms with van der Waals surface area (Å²) in [6, 6.07) is 9.84. The second-order valence-electron chi connectivity index (χ2n) is 6.09. The standard InChI is InChI=1S/C18H16N4O3S/c23-15(8-12-10-26-17(19-12)11-4-2-1-3-5-11)22-7-6-14-13(9-22)16(18(24)25)21-20-14/h1-5,10H,6-9H2,(H,20,21)(H,24,25). The van der Waals surface area contributed by atoms with Crippen molar-refractivity contribution in [1.29, 1.82) is 0 Å². The third kappa shape index (κ3) is 3.11. The van der Waals surface area contributed by atoms with Gasteiger partial charge in [-0.1, -0.05) is 30.3 Å². The van der Waals surface area contributed by atoms with Crippen molar-refractivity contribution < 1.29 is 14.7 Å². The molecule has 0 unspecified atom stereocenters. The van der Waals surface area contributed by atoms with Crippen LogP contribution < -0.4 is 0 Å². The van der Waals surface area contributed by atoms with E-state index in [2.05, 4.69) is 15.2 Å². The third-order valence-corrected chi connectivity index (χ3v) is 5.33. The summed E-state index contributed by atoms with van der Waals surface area (Å²) < 4.78 is 0. The number of amides is 1. The molecule has 26 heavy (non-hydrogen) atoms. The van der Waals surface area contributed by atoms with Gasteiger partial charge in [-0.2, -0.15) is 5.10 Å². The second kappa shape index (κ2) is 6.72. The lowest BCUT2D eigenvalue weighted by Crippen LogP contribution is -2.37. The Balaban J connectivity index is 1.47. The van der Waals surface area contributed by atoms with Crippen LogP contribution in [0.2, 0.25) is 0 Å². The van der Waals surface area contributed by atoms with Gasteiger partial charge in [0.15, 0.2) is 5.69 Å². The van der Waals surface area contributed by atoms with E-state index in [0.717, 1.165) is 22.0 Å². The SMILES string of the molecule is O=C(O)c1n[nH]c2c1CN(C(=O)Cc1csc(-c3ccccc3)n1)CC2. The van der Waals surface area contributed by atoms with Crippen molar-refractivity contribution in [3.63, 3.8) is 0 Å². The predicted molar refractivity (Wildman–Crippen MR) is 95.9 cm³/mol. The van der Waals surface area contributed by atoms with Crippen molar-refractivity contribution in [3.05, 3.63) is 58.4 Å². The summed E-state index contributed by atoms with van der Waals surface area (Å²) in [5, 5.41) is 18.6. The van der Waals surface area contributed by atoms with Crippen molar-refractivity contribution in [2.75, 3.05) is 6.54 Å². The Hall–Kier alpha value is -3.00. The molecule has 0 radical (unpaired) electrons. The maximum atomic E-state index is 12.6. The van der Waals surface area contributed by atoms with E-state index < -0.39 is 5.97 Å². The van der Waals surface area contributed by atoms with Crippen molar-refractivity contribution in [3.8, 4) is 10.6 Å². The lowest BCUT2D eigenvalue weighted by Gasteiger charge is -2.26. The first-order valence-electron chi connectivity index (χ1n) is 8.19. The fourth-order valence-electron chi connectivity index (χ4n) is 3.05. The Morgan fingerprint density at radius 3 is 2.85 bits per heavy atom. The Kier molecular flexibility index (Phi) is 4.26. The smallest absolute Gasteiger partial charge is 0.356 e. The molecule has 1 amide bonds. The van der Waals surface area contributed by atoms with Gasteiger partial charge in [-0.3, -0.25) is 9.89 Å². The van der Waals surface area contributed by atoms with E-state index in [9.17, 15) is 14.7 Å². The summed E-state index contributed by atoms with van der Waals surface area (Å²) in [6.45, 7) is 0.810. The number of fused-ring (bicyclic) bond motifs is 1. The third-order valence-electron chi connectivity index (χ3n) is 4.39. The Labute approximate surface area is 153 Å². The summed E-state index contributed by atoms with van der Waals surface area (Å²) in [5.74, 6) is -1.14. The average molecular weight is 368 g/mol. The van der Waals surface area contributed by atoms with Crippen LogP contribution in [0.1, 0.15) is 27.4 Å². The number of carbonyl (C=O) groups is 2. The fraction of sp³-hybridized carbons (Fsp3) is 0.222. The van der Waals surface area contributed by atoms with Gasteiger partial charge in [-0.25, -0.2) is 9.78 Å². The molecule has 0 spiro atoms. The fourth-order valence-corrected chi connectivity index (χ4v) is 3.88. The number of carboxylic acid groups (broad SMARTS) is 1. The normalized spacial score (nSPS) is 13.5. The number of hydrogen-bond acceptors (Lipinski definition) is 5. The van der Waals surface area contributed by atoms with Gasteiger partial charge in [0, 0.05) is 41.7 Å². The van der Waals surface area contributed by atoms with Gasteiger partial charge in [0.25, 0.3) is 0 Å². The van der Waals surface area contributed by atoms with E-state index in [0.29, 0.717) is 18.5 Å². The Morgan fingerprint density at radius 1 is 1.27 bits per heavy atom. The van der Waals surface area contributed by atoms with Crippen LogP contribution in [0.5, 0.6) is 0 Å². The van der Waals surface area contributed by atoms with E-state index in [1.807, 2.05) is 35.7 Å². The highest BCUT2D eigenvalue weighted by Crippen LogP contribution is 2.25. The number of rotatable bonds is 4. The quantitative estimate of drug-likeness (QED) is 0.736. The maximum Gasteiger partial charge on any atom is 0.356 e. The van der Waals surface area contributed by atoms with Gasteiger partial charge in [0.05, 0.1) is 12.1 Å². The van der Waals surface area contributed by atoms with Crippen molar-refractivity contribution in [2.45, 2.75) is 19.4 Å². The first-order valence-corrected chi connectivity index (χ1v) is 9.07. The lowest BCUT2D eigenvalue weighted by molar-refractivity contribution is -0.131. The monoisotopic (exact) mass is 368 g/mol. The highest BCUT2D eigenvalue weighted by atomic mass is 32.1. The van der Waals surface area contributed by atoms with Crippen molar-refractivity contribution in [2.24, 2.45) is 0 Å². The molecule has 1 aromatic carbocycles. The summed E-state index contributed by atoms with van der Waals surface area (Å²) in [6.07, 6.45) is 0.784. The highest BCUT2D eigenvalue weighted by Gasteiger charge is 2.27. The molecule has 0 saturated carbocycles. The molecule has 0 saturated heterocycles. The number of aromatic carboxylic acids is 1. The molecule has 3 aromatic rings. The summed E-state index contributed by atoms with van der Waals surface area (Å²) in [4.78, 5) is 30.1. The molecule has 8 heteroatoms. The van der Waals surface area contributed by atoms with Gasteiger partial charge in [0.1, 0.15) is 5.01 Å². The molecular formula is C18H16N4O3S. The number of aromatic amines is 1. The van der Waals surface area contributed by atoms with Gasteiger partial charge < -0.3 is 10.0 Å². The molecule has 0 bridgehead atoms. The Bertz CT molecular complexity index is 964. The molecule has 2 N–H and O–H groups in total. The van der Waals surface area contributed by atoms with Crippen molar-refractivity contribution >= 4 is 23.2 Å². The summed E-state index contributed by atoms with van der Waals surface area (Å²) in [7, 11) is 0. The topological polar surface area (TPSA) is 99.2 Å². The first-order chi connectivity index (χ1) is 12.6. The zero-order valence-electron chi connectivity index (χ0n) is 13.8. The number of nitrogens with one attached hydrogen (secondary N) is 1. The number of hydrogen-bond donors (Lipinski definition) is 2. The molecule has 4 rings (SSSR count). The van der Waals surface area contributed by atoms with Crippen LogP contribution in [-0.2, 0) is 24.2 Å². The van der Waals surface area contributed by atoms with E-state index in [1.54, 1.807) is 4.90 Å². The molecule has 1 aliphatic rings. The molecule has 0 atom stereocenters. The number of thiazole rings is 1.